The lowest BCUT2D eigenvalue weighted by Gasteiger charge is -2.42. The lowest BCUT2D eigenvalue weighted by Crippen LogP contribution is -2.55. The zero-order chi connectivity index (χ0) is 21.6. The van der Waals surface area contributed by atoms with Crippen LogP contribution in [0, 0.1) is 0 Å². The second kappa shape index (κ2) is 7.63. The highest BCUT2D eigenvalue weighted by Crippen LogP contribution is 2.39. The van der Waals surface area contributed by atoms with Gasteiger partial charge in [0.15, 0.2) is 0 Å². The summed E-state index contributed by atoms with van der Waals surface area (Å²) in [6.45, 7) is 0.852. The Morgan fingerprint density at radius 1 is 1.10 bits per heavy atom. The van der Waals surface area contributed by atoms with Gasteiger partial charge in [0, 0.05) is 38.0 Å². The van der Waals surface area contributed by atoms with Gasteiger partial charge in [0.05, 0.1) is 12.2 Å². The third kappa shape index (κ3) is 3.75. The van der Waals surface area contributed by atoms with Crippen molar-refractivity contribution >= 4 is 27.3 Å². The number of amides is 1. The average Bonchev–Trinajstić information content (AvgIpc) is 3.39. The van der Waals surface area contributed by atoms with Gasteiger partial charge in [-0.1, -0.05) is 12.1 Å². The maximum Gasteiger partial charge on any atom is 0.416 e. The van der Waals surface area contributed by atoms with Crippen molar-refractivity contribution in [2.24, 2.45) is 0 Å². The molecule has 4 rings (SSSR count). The van der Waals surface area contributed by atoms with E-state index in [0.29, 0.717) is 0 Å². The van der Waals surface area contributed by atoms with Crippen molar-refractivity contribution in [3.63, 3.8) is 0 Å². The maximum absolute atomic E-state index is 13.0. The summed E-state index contributed by atoms with van der Waals surface area (Å²) in [6, 6.07) is 7.52. The summed E-state index contributed by atoms with van der Waals surface area (Å²) >= 11 is 1.13. The molecule has 0 N–H and O–H groups in total. The number of carbonyl (C=O) groups is 1. The van der Waals surface area contributed by atoms with Crippen LogP contribution in [0.15, 0.2) is 46.0 Å². The SMILES string of the molecule is O=C(c1cccc(C(F)(F)F)c1)N1CCC2(CC1)OCCN2S(=O)(=O)c1cccs1. The largest absolute Gasteiger partial charge is 0.416 e. The van der Waals surface area contributed by atoms with Crippen molar-refractivity contribution in [3.05, 3.63) is 52.9 Å². The molecule has 162 valence electrons. The third-order valence-corrected chi connectivity index (χ3v) is 8.75. The summed E-state index contributed by atoms with van der Waals surface area (Å²) in [5.74, 6) is -0.512. The van der Waals surface area contributed by atoms with Crippen molar-refractivity contribution in [2.75, 3.05) is 26.2 Å². The maximum atomic E-state index is 13.0. The Hall–Kier alpha value is -1.95. The molecule has 2 saturated heterocycles. The first-order valence-corrected chi connectivity index (χ1v) is 11.6. The van der Waals surface area contributed by atoms with E-state index in [2.05, 4.69) is 0 Å². The Labute approximate surface area is 175 Å². The zero-order valence-electron chi connectivity index (χ0n) is 15.8. The quantitative estimate of drug-likeness (QED) is 0.704. The van der Waals surface area contributed by atoms with Crippen molar-refractivity contribution in [3.8, 4) is 0 Å². The molecule has 0 unspecified atom stereocenters. The second-order valence-corrected chi connectivity index (χ2v) is 10.2. The minimum absolute atomic E-state index is 0.0452. The number of ether oxygens (including phenoxy) is 1. The first-order chi connectivity index (χ1) is 14.1. The highest BCUT2D eigenvalue weighted by Gasteiger charge is 2.51. The van der Waals surface area contributed by atoms with Crippen molar-refractivity contribution in [1.82, 2.24) is 9.21 Å². The van der Waals surface area contributed by atoms with E-state index < -0.39 is 33.4 Å². The molecule has 1 aromatic heterocycles. The van der Waals surface area contributed by atoms with Crippen LogP contribution in [0.4, 0.5) is 13.2 Å². The standard InChI is InChI=1S/C19H19F3N2O4S2/c20-19(21,22)15-4-1-3-14(13-15)17(25)23-8-6-18(7-9-23)24(10-11-28-18)30(26,27)16-5-2-12-29-16/h1-5,12-13H,6-11H2. The van der Waals surface area contributed by atoms with Crippen LogP contribution in [0.1, 0.15) is 28.8 Å². The number of alkyl halides is 3. The highest BCUT2D eigenvalue weighted by atomic mass is 32.2. The van der Waals surface area contributed by atoms with E-state index in [4.69, 9.17) is 4.74 Å². The summed E-state index contributed by atoms with van der Waals surface area (Å²) in [5.41, 5.74) is -1.96. The Morgan fingerprint density at radius 2 is 1.83 bits per heavy atom. The first-order valence-electron chi connectivity index (χ1n) is 9.30. The molecule has 1 amide bonds. The van der Waals surface area contributed by atoms with Crippen molar-refractivity contribution < 1.29 is 31.1 Å². The number of hydrogen-bond donors (Lipinski definition) is 0. The molecule has 1 spiro atoms. The number of benzene rings is 1. The molecule has 0 saturated carbocycles. The Kier molecular flexibility index (Phi) is 5.41. The number of sulfonamides is 1. The zero-order valence-corrected chi connectivity index (χ0v) is 17.4. The van der Waals surface area contributed by atoms with Gasteiger partial charge in [0.2, 0.25) is 0 Å². The summed E-state index contributed by atoms with van der Waals surface area (Å²) in [7, 11) is -3.72. The first kappa shape index (κ1) is 21.3. The minimum atomic E-state index is -4.53. The molecule has 0 aliphatic carbocycles. The van der Waals surface area contributed by atoms with Crippen LogP contribution < -0.4 is 0 Å². The molecule has 1 aromatic carbocycles. The van der Waals surface area contributed by atoms with Gasteiger partial charge in [-0.05, 0) is 29.6 Å². The van der Waals surface area contributed by atoms with Crippen LogP contribution in [0.5, 0.6) is 0 Å². The van der Waals surface area contributed by atoms with Crippen LogP contribution in [-0.2, 0) is 20.9 Å². The lowest BCUT2D eigenvalue weighted by molar-refractivity contribution is -0.137. The van der Waals surface area contributed by atoms with Crippen LogP contribution >= 0.6 is 11.3 Å². The molecular formula is C19H19F3N2O4S2. The third-order valence-electron chi connectivity index (χ3n) is 5.43. The van der Waals surface area contributed by atoms with E-state index in [-0.39, 0.29) is 48.9 Å². The summed E-state index contributed by atoms with van der Waals surface area (Å²) in [4.78, 5) is 14.2. The van der Waals surface area contributed by atoms with E-state index in [1.54, 1.807) is 11.4 Å². The van der Waals surface area contributed by atoms with Gasteiger partial charge in [0.1, 0.15) is 9.93 Å². The number of rotatable bonds is 3. The monoisotopic (exact) mass is 460 g/mol. The molecule has 3 heterocycles. The van der Waals surface area contributed by atoms with Gasteiger partial charge >= 0.3 is 6.18 Å². The van der Waals surface area contributed by atoms with Crippen molar-refractivity contribution in [1.29, 1.82) is 0 Å². The van der Waals surface area contributed by atoms with Crippen LogP contribution in [0.25, 0.3) is 0 Å². The molecule has 0 bridgehead atoms. The number of thiophene rings is 1. The van der Waals surface area contributed by atoms with Gasteiger partial charge in [-0.25, -0.2) is 8.42 Å². The Balaban J connectivity index is 1.50. The second-order valence-electron chi connectivity index (χ2n) is 7.17. The smallest absolute Gasteiger partial charge is 0.358 e. The van der Waals surface area contributed by atoms with Gasteiger partial charge < -0.3 is 9.64 Å². The van der Waals surface area contributed by atoms with Crippen LogP contribution in [0.2, 0.25) is 0 Å². The molecule has 2 aromatic rings. The predicted octanol–water partition coefficient (Wildman–Crippen LogP) is 3.42. The van der Waals surface area contributed by atoms with E-state index in [9.17, 15) is 26.4 Å². The lowest BCUT2D eigenvalue weighted by atomic mass is 9.99. The van der Waals surface area contributed by atoms with Gasteiger partial charge in [0.25, 0.3) is 15.9 Å². The number of halogens is 3. The number of piperidine rings is 1. The van der Waals surface area contributed by atoms with Gasteiger partial charge in [-0.3, -0.25) is 4.79 Å². The van der Waals surface area contributed by atoms with Crippen LogP contribution in [0.3, 0.4) is 0 Å². The topological polar surface area (TPSA) is 66.9 Å². The molecule has 2 aliphatic heterocycles. The van der Waals surface area contributed by atoms with E-state index >= 15 is 0 Å². The van der Waals surface area contributed by atoms with Crippen LogP contribution in [-0.4, -0.2) is 55.5 Å². The fourth-order valence-electron chi connectivity index (χ4n) is 3.92. The van der Waals surface area contributed by atoms with Crippen molar-refractivity contribution in [2.45, 2.75) is 29.0 Å². The average molecular weight is 460 g/mol. The Morgan fingerprint density at radius 3 is 2.47 bits per heavy atom. The number of carbonyl (C=O) groups excluding carboxylic acids is 1. The van der Waals surface area contributed by atoms with E-state index in [1.165, 1.54) is 27.4 Å². The molecule has 0 atom stereocenters. The molecule has 11 heteroatoms. The van der Waals surface area contributed by atoms with Gasteiger partial charge in [-0.15, -0.1) is 11.3 Å². The highest BCUT2D eigenvalue weighted by molar-refractivity contribution is 7.91. The molecule has 2 aliphatic rings. The molecular weight excluding hydrogens is 441 g/mol. The van der Waals surface area contributed by atoms with Gasteiger partial charge in [-0.2, -0.15) is 17.5 Å². The summed E-state index contributed by atoms with van der Waals surface area (Å²) < 4.78 is 72.3. The minimum Gasteiger partial charge on any atom is -0.358 e. The summed E-state index contributed by atoms with van der Waals surface area (Å²) in [5, 5.41) is 1.69. The molecule has 2 fully saturated rings. The summed E-state index contributed by atoms with van der Waals surface area (Å²) in [6.07, 6.45) is -4.03. The van der Waals surface area contributed by atoms with E-state index in [0.717, 1.165) is 23.5 Å². The number of likely N-dealkylation sites (tertiary alicyclic amines) is 1. The van der Waals surface area contributed by atoms with E-state index in [1.807, 2.05) is 0 Å². The normalized spacial score (nSPS) is 20.0. The molecule has 0 radical (unpaired) electrons. The number of nitrogens with zero attached hydrogens (tertiary/aromatic N) is 2. The Bertz CT molecular complexity index is 1030. The predicted molar refractivity (Wildman–Crippen MR) is 103 cm³/mol. The fourth-order valence-corrected chi connectivity index (χ4v) is 6.74. The molecule has 6 nitrogen and oxygen atoms in total. The molecule has 30 heavy (non-hydrogen) atoms. The number of hydrogen-bond acceptors (Lipinski definition) is 5. The fraction of sp³-hybridized carbons (Fsp3) is 0.421.